The lowest BCUT2D eigenvalue weighted by Gasteiger charge is -2.09. The number of carbonyl (C=O) groups excluding carboxylic acids is 2. The molecule has 3 aromatic rings. The maximum absolute atomic E-state index is 12.5. The molecule has 0 saturated heterocycles. The van der Waals surface area contributed by atoms with Gasteiger partial charge in [-0.25, -0.2) is 4.79 Å². The van der Waals surface area contributed by atoms with E-state index < -0.39 is 6.03 Å². The molecule has 0 bridgehead atoms. The van der Waals surface area contributed by atoms with Crippen LogP contribution in [0.1, 0.15) is 15.9 Å². The number of aromatic nitrogens is 3. The van der Waals surface area contributed by atoms with Gasteiger partial charge in [0.25, 0.3) is 5.91 Å². The number of aryl methyl sites for hydroxylation is 1. The van der Waals surface area contributed by atoms with Gasteiger partial charge < -0.3 is 20.9 Å². The number of amides is 3. The highest BCUT2D eigenvalue weighted by Gasteiger charge is 2.16. The molecule has 0 spiro atoms. The molecule has 25 heavy (non-hydrogen) atoms. The number of nitrogens with zero attached hydrogens (tertiary/aromatic N) is 3. The van der Waals surface area contributed by atoms with E-state index in [1.807, 2.05) is 41.2 Å². The van der Waals surface area contributed by atoms with Crippen LogP contribution in [0.2, 0.25) is 0 Å². The Bertz CT molecular complexity index is 881. The molecule has 1 aromatic carbocycles. The Kier molecular flexibility index (Phi) is 4.51. The third-order valence-corrected chi connectivity index (χ3v) is 3.68. The quantitative estimate of drug-likeness (QED) is 0.658. The number of benzene rings is 1. The summed E-state index contributed by atoms with van der Waals surface area (Å²) in [4.78, 5) is 23.3. The molecule has 128 valence electrons. The van der Waals surface area contributed by atoms with Crippen molar-refractivity contribution in [2.24, 2.45) is 12.8 Å². The van der Waals surface area contributed by atoms with Crippen molar-refractivity contribution in [3.05, 3.63) is 66.1 Å². The summed E-state index contributed by atoms with van der Waals surface area (Å²) in [6.45, 7) is 0.357. The average molecular weight is 338 g/mol. The van der Waals surface area contributed by atoms with Crippen molar-refractivity contribution < 1.29 is 9.59 Å². The molecule has 2 heterocycles. The fraction of sp³-hybridized carbons (Fsp3) is 0.118. The van der Waals surface area contributed by atoms with Gasteiger partial charge in [0.15, 0.2) is 0 Å². The molecule has 0 atom stereocenters. The Balaban J connectivity index is 1.68. The second-order valence-electron chi connectivity index (χ2n) is 5.46. The summed E-state index contributed by atoms with van der Waals surface area (Å²) in [6, 6.07) is 10.2. The van der Waals surface area contributed by atoms with E-state index in [0.29, 0.717) is 23.6 Å². The zero-order valence-corrected chi connectivity index (χ0v) is 13.6. The van der Waals surface area contributed by atoms with Gasteiger partial charge in [0.05, 0.1) is 6.20 Å². The molecular weight excluding hydrogens is 320 g/mol. The maximum atomic E-state index is 12.5. The first-order chi connectivity index (χ1) is 12.0. The predicted octanol–water partition coefficient (Wildman–Crippen LogP) is 1.63. The number of anilines is 1. The van der Waals surface area contributed by atoms with Gasteiger partial charge in [0, 0.05) is 31.7 Å². The summed E-state index contributed by atoms with van der Waals surface area (Å²) < 4.78 is 3.49. The average Bonchev–Trinajstić information content (AvgIpc) is 3.22. The Hall–Kier alpha value is -3.55. The number of hydrogen-bond acceptors (Lipinski definition) is 3. The molecule has 8 nitrogen and oxygen atoms in total. The normalized spacial score (nSPS) is 10.4. The molecule has 0 radical (unpaired) electrons. The number of nitrogens with one attached hydrogen (secondary N) is 2. The number of nitrogens with two attached hydrogens (primary N) is 1. The molecule has 0 aliphatic carbocycles. The lowest BCUT2D eigenvalue weighted by atomic mass is 10.2. The summed E-state index contributed by atoms with van der Waals surface area (Å²) in [5.74, 6) is 0.486. The zero-order valence-electron chi connectivity index (χ0n) is 13.6. The Morgan fingerprint density at radius 1 is 1.16 bits per heavy atom. The van der Waals surface area contributed by atoms with Crippen LogP contribution < -0.4 is 16.4 Å². The summed E-state index contributed by atoms with van der Waals surface area (Å²) in [7, 11) is 1.79. The van der Waals surface area contributed by atoms with Crippen molar-refractivity contribution in [1.82, 2.24) is 19.7 Å². The molecule has 0 fully saturated rings. The monoisotopic (exact) mass is 338 g/mol. The van der Waals surface area contributed by atoms with Gasteiger partial charge in [-0.15, -0.1) is 0 Å². The highest BCUT2D eigenvalue weighted by atomic mass is 16.2. The van der Waals surface area contributed by atoms with Crippen LogP contribution in [0.4, 0.5) is 10.5 Å². The summed E-state index contributed by atoms with van der Waals surface area (Å²) in [6.07, 6.45) is 5.26. The molecule has 2 aromatic heterocycles. The molecule has 3 rings (SSSR count). The minimum Gasteiger partial charge on any atom is -0.351 e. The molecule has 0 saturated carbocycles. The SMILES string of the molecule is Cn1ncc(C(=O)NCc2ccc(NC(N)=O)cc2)c1-n1cccc1. The van der Waals surface area contributed by atoms with Crippen LogP contribution in [0.3, 0.4) is 0 Å². The molecule has 4 N–H and O–H groups in total. The van der Waals surface area contributed by atoms with E-state index in [4.69, 9.17) is 5.73 Å². The van der Waals surface area contributed by atoms with Crippen LogP contribution in [0, 0.1) is 0 Å². The van der Waals surface area contributed by atoms with Gasteiger partial charge in [-0.1, -0.05) is 12.1 Å². The van der Waals surface area contributed by atoms with Crippen molar-refractivity contribution >= 4 is 17.6 Å². The first-order valence-electron chi connectivity index (χ1n) is 7.63. The maximum Gasteiger partial charge on any atom is 0.316 e. The van der Waals surface area contributed by atoms with E-state index in [1.54, 1.807) is 30.1 Å². The zero-order chi connectivity index (χ0) is 17.8. The lowest BCUT2D eigenvalue weighted by Crippen LogP contribution is -2.24. The smallest absolute Gasteiger partial charge is 0.316 e. The fourth-order valence-electron chi connectivity index (χ4n) is 2.50. The van der Waals surface area contributed by atoms with Crippen LogP contribution >= 0.6 is 0 Å². The summed E-state index contributed by atoms with van der Waals surface area (Å²) in [5.41, 5.74) is 7.06. The van der Waals surface area contributed by atoms with E-state index in [0.717, 1.165) is 5.56 Å². The molecule has 0 aliphatic heterocycles. The van der Waals surface area contributed by atoms with Crippen molar-refractivity contribution in [3.8, 4) is 5.82 Å². The van der Waals surface area contributed by atoms with Crippen molar-refractivity contribution in [1.29, 1.82) is 0 Å². The van der Waals surface area contributed by atoms with Crippen molar-refractivity contribution in [2.45, 2.75) is 6.54 Å². The molecule has 0 unspecified atom stereocenters. The summed E-state index contributed by atoms with van der Waals surface area (Å²) in [5, 5.41) is 9.53. The van der Waals surface area contributed by atoms with Gasteiger partial charge in [-0.2, -0.15) is 5.10 Å². The van der Waals surface area contributed by atoms with Gasteiger partial charge >= 0.3 is 6.03 Å². The Labute approximate surface area is 144 Å². The minimum absolute atomic E-state index is 0.212. The van der Waals surface area contributed by atoms with E-state index in [2.05, 4.69) is 15.7 Å². The number of primary amides is 1. The lowest BCUT2D eigenvalue weighted by molar-refractivity contribution is 0.0951. The van der Waals surface area contributed by atoms with E-state index in [-0.39, 0.29) is 5.91 Å². The van der Waals surface area contributed by atoms with E-state index >= 15 is 0 Å². The van der Waals surface area contributed by atoms with Gasteiger partial charge in [-0.3, -0.25) is 9.48 Å². The third kappa shape index (κ3) is 3.69. The molecule has 8 heteroatoms. The Morgan fingerprint density at radius 3 is 2.48 bits per heavy atom. The third-order valence-electron chi connectivity index (χ3n) is 3.68. The Morgan fingerprint density at radius 2 is 1.84 bits per heavy atom. The topological polar surface area (TPSA) is 107 Å². The summed E-state index contributed by atoms with van der Waals surface area (Å²) >= 11 is 0. The van der Waals surface area contributed by atoms with E-state index in [9.17, 15) is 9.59 Å². The molecule has 3 amide bonds. The fourth-order valence-corrected chi connectivity index (χ4v) is 2.50. The van der Waals surface area contributed by atoms with Crippen LogP contribution in [-0.2, 0) is 13.6 Å². The van der Waals surface area contributed by atoms with Gasteiger partial charge in [0.2, 0.25) is 0 Å². The number of urea groups is 1. The van der Waals surface area contributed by atoms with Crippen molar-refractivity contribution in [2.75, 3.05) is 5.32 Å². The van der Waals surface area contributed by atoms with Crippen LogP contribution in [-0.4, -0.2) is 26.3 Å². The number of hydrogen-bond donors (Lipinski definition) is 3. The molecule has 0 aliphatic rings. The number of rotatable bonds is 5. The second kappa shape index (κ2) is 6.91. The van der Waals surface area contributed by atoms with Crippen molar-refractivity contribution in [3.63, 3.8) is 0 Å². The second-order valence-corrected chi connectivity index (χ2v) is 5.46. The van der Waals surface area contributed by atoms with Gasteiger partial charge in [-0.05, 0) is 29.8 Å². The van der Waals surface area contributed by atoms with Gasteiger partial charge in [0.1, 0.15) is 11.4 Å². The molecular formula is C17H18N6O2. The first-order valence-corrected chi connectivity index (χ1v) is 7.63. The highest BCUT2D eigenvalue weighted by molar-refractivity contribution is 5.97. The van der Waals surface area contributed by atoms with Crippen LogP contribution in [0.15, 0.2) is 55.0 Å². The van der Waals surface area contributed by atoms with E-state index in [1.165, 1.54) is 0 Å². The first kappa shape index (κ1) is 16.3. The predicted molar refractivity (Wildman–Crippen MR) is 93.4 cm³/mol. The van der Waals surface area contributed by atoms with Crippen LogP contribution in [0.5, 0.6) is 0 Å². The van der Waals surface area contributed by atoms with Crippen LogP contribution in [0.25, 0.3) is 5.82 Å². The largest absolute Gasteiger partial charge is 0.351 e. The standard InChI is InChI=1S/C17H18N6O2/c1-22-16(23-8-2-3-9-23)14(11-20-22)15(24)19-10-12-4-6-13(7-5-12)21-17(18)25/h2-9,11H,10H2,1H3,(H,19,24)(H3,18,21,25). The minimum atomic E-state index is -0.616. The number of carbonyl (C=O) groups is 2. The highest BCUT2D eigenvalue weighted by Crippen LogP contribution is 2.14.